The first-order valence-electron chi connectivity index (χ1n) is 11.3. The first kappa shape index (κ1) is 29.9. The van der Waals surface area contributed by atoms with Gasteiger partial charge in [0.15, 0.2) is 5.11 Å². The van der Waals surface area contributed by atoms with Crippen LogP contribution in [-0.4, -0.2) is 73.7 Å². The van der Waals surface area contributed by atoms with Crippen molar-refractivity contribution in [3.05, 3.63) is 0 Å². The van der Waals surface area contributed by atoms with Crippen LogP contribution in [0.4, 0.5) is 0 Å². The van der Waals surface area contributed by atoms with E-state index < -0.39 is 17.6 Å². The van der Waals surface area contributed by atoms with E-state index >= 15 is 0 Å². The summed E-state index contributed by atoms with van der Waals surface area (Å²) in [6.45, 7) is 18.9. The standard InChI is InChI=1S/C19H44N2O6SSi2/c1-9-17(29(22-11-3,23-12-4)24-13-5)20-19(28)21-18(10-2)30(25-14-6,26-15-7)27-16-8/h17-18H,9-16H2,1-8H3,(H2,20,21,28). The minimum absolute atomic E-state index is 0.169. The first-order chi connectivity index (χ1) is 14.4. The number of thiocarbonyl (C=S) groups is 1. The van der Waals surface area contributed by atoms with Crippen LogP contribution in [0.1, 0.15) is 68.2 Å². The highest BCUT2D eigenvalue weighted by Gasteiger charge is 2.51. The van der Waals surface area contributed by atoms with Crippen molar-refractivity contribution < 1.29 is 26.6 Å². The Kier molecular flexibility index (Phi) is 16.4. The van der Waals surface area contributed by atoms with Gasteiger partial charge in [-0.3, -0.25) is 0 Å². The van der Waals surface area contributed by atoms with Crippen LogP contribution >= 0.6 is 12.2 Å². The molecule has 0 radical (unpaired) electrons. The normalized spacial score (nSPS) is 14.4. The van der Waals surface area contributed by atoms with Crippen molar-refractivity contribution >= 4 is 34.9 Å². The molecule has 0 saturated carbocycles. The van der Waals surface area contributed by atoms with Gasteiger partial charge in [0.05, 0.1) is 11.3 Å². The minimum Gasteiger partial charge on any atom is -0.373 e. The summed E-state index contributed by atoms with van der Waals surface area (Å²) in [5.41, 5.74) is -0.339. The van der Waals surface area contributed by atoms with E-state index in [1.54, 1.807) is 0 Å². The fraction of sp³-hybridized carbons (Fsp3) is 0.947. The van der Waals surface area contributed by atoms with E-state index in [1.807, 2.05) is 41.5 Å². The van der Waals surface area contributed by atoms with Gasteiger partial charge in [-0.1, -0.05) is 13.8 Å². The molecule has 0 aromatic heterocycles. The highest BCUT2D eigenvalue weighted by molar-refractivity contribution is 7.80. The maximum absolute atomic E-state index is 6.06. The second-order valence-electron chi connectivity index (χ2n) is 6.34. The Morgan fingerprint density at radius 3 is 0.967 bits per heavy atom. The van der Waals surface area contributed by atoms with Crippen LogP contribution in [-0.2, 0) is 26.6 Å². The Hall–Kier alpha value is -0.116. The predicted octanol–water partition coefficient (Wildman–Crippen LogP) is 3.18. The molecule has 0 aromatic rings. The quantitative estimate of drug-likeness (QED) is 0.225. The summed E-state index contributed by atoms with van der Waals surface area (Å²) in [5.74, 6) is 0. The summed E-state index contributed by atoms with van der Waals surface area (Å²) in [4.78, 5) is 0. The monoisotopic (exact) mass is 484 g/mol. The third-order valence-corrected chi connectivity index (χ3v) is 11.5. The van der Waals surface area contributed by atoms with Gasteiger partial charge >= 0.3 is 17.6 Å². The molecular weight excluding hydrogens is 440 g/mol. The molecule has 0 aliphatic rings. The number of hydrogen-bond donors (Lipinski definition) is 2. The molecule has 8 nitrogen and oxygen atoms in total. The van der Waals surface area contributed by atoms with Crippen molar-refractivity contribution in [3.8, 4) is 0 Å². The van der Waals surface area contributed by atoms with Gasteiger partial charge in [0, 0.05) is 39.6 Å². The summed E-state index contributed by atoms with van der Waals surface area (Å²) in [6.07, 6.45) is 1.49. The Bertz CT molecular complexity index is 393. The lowest BCUT2D eigenvalue weighted by Crippen LogP contribution is -2.67. The van der Waals surface area contributed by atoms with Crippen LogP contribution in [0.25, 0.3) is 0 Å². The van der Waals surface area contributed by atoms with Gasteiger partial charge in [-0.2, -0.15) is 0 Å². The minimum atomic E-state index is -2.96. The molecule has 0 spiro atoms. The van der Waals surface area contributed by atoms with Crippen LogP contribution in [0.3, 0.4) is 0 Å². The zero-order chi connectivity index (χ0) is 23.0. The second kappa shape index (κ2) is 16.5. The summed E-state index contributed by atoms with van der Waals surface area (Å²) in [7, 11) is -5.92. The molecule has 0 fully saturated rings. The summed E-state index contributed by atoms with van der Waals surface area (Å²) in [6, 6.07) is 0. The summed E-state index contributed by atoms with van der Waals surface area (Å²) < 4.78 is 36.3. The highest BCUT2D eigenvalue weighted by Crippen LogP contribution is 2.20. The van der Waals surface area contributed by atoms with Crippen LogP contribution < -0.4 is 10.6 Å². The molecule has 0 heterocycles. The average molecular weight is 485 g/mol. The van der Waals surface area contributed by atoms with E-state index in [0.717, 1.165) is 12.8 Å². The molecule has 30 heavy (non-hydrogen) atoms. The molecule has 0 aliphatic heterocycles. The third-order valence-electron chi connectivity index (χ3n) is 4.35. The largest absolute Gasteiger partial charge is 0.524 e. The van der Waals surface area contributed by atoms with Gasteiger partial charge in [0.25, 0.3) is 0 Å². The molecule has 2 N–H and O–H groups in total. The lowest BCUT2D eigenvalue weighted by atomic mass is 10.4. The lowest BCUT2D eigenvalue weighted by Gasteiger charge is -2.38. The molecule has 0 saturated heterocycles. The zero-order valence-corrected chi connectivity index (χ0v) is 23.0. The van der Waals surface area contributed by atoms with E-state index in [2.05, 4.69) is 24.5 Å². The van der Waals surface area contributed by atoms with Crippen LogP contribution in [0.2, 0.25) is 0 Å². The molecule has 0 bridgehead atoms. The molecule has 11 heteroatoms. The fourth-order valence-electron chi connectivity index (χ4n) is 3.30. The van der Waals surface area contributed by atoms with E-state index in [1.165, 1.54) is 0 Å². The zero-order valence-electron chi connectivity index (χ0n) is 20.2. The Morgan fingerprint density at radius 2 is 0.800 bits per heavy atom. The topological polar surface area (TPSA) is 79.4 Å². The molecule has 0 aromatic carbocycles. The average Bonchev–Trinajstić information content (AvgIpc) is 2.71. The van der Waals surface area contributed by atoms with Gasteiger partial charge in [0.1, 0.15) is 0 Å². The maximum Gasteiger partial charge on any atom is 0.524 e. The molecule has 2 unspecified atom stereocenters. The lowest BCUT2D eigenvalue weighted by molar-refractivity contribution is 0.0585. The van der Waals surface area contributed by atoms with Crippen molar-refractivity contribution in [2.75, 3.05) is 39.6 Å². The van der Waals surface area contributed by atoms with Crippen LogP contribution in [0.15, 0.2) is 0 Å². The summed E-state index contributed by atoms with van der Waals surface area (Å²) >= 11 is 5.67. The first-order valence-corrected chi connectivity index (χ1v) is 15.3. The number of hydrogen-bond acceptors (Lipinski definition) is 7. The number of nitrogens with one attached hydrogen (secondary N) is 2. The van der Waals surface area contributed by atoms with E-state index in [9.17, 15) is 0 Å². The van der Waals surface area contributed by atoms with Crippen molar-refractivity contribution in [2.45, 2.75) is 79.6 Å². The Morgan fingerprint density at radius 1 is 0.567 bits per heavy atom. The maximum atomic E-state index is 6.06. The fourth-order valence-corrected chi connectivity index (χ4v) is 9.56. The highest BCUT2D eigenvalue weighted by atomic mass is 32.1. The number of rotatable bonds is 18. The summed E-state index contributed by atoms with van der Waals surface area (Å²) in [5, 5.41) is 7.26. The molecule has 0 rings (SSSR count). The smallest absolute Gasteiger partial charge is 0.373 e. The predicted molar refractivity (Wildman–Crippen MR) is 128 cm³/mol. The SMILES string of the molecule is CCO[Si](OCC)(OCC)C(CC)NC(=S)NC(CC)[Si](OCC)(OCC)OCC. The van der Waals surface area contributed by atoms with Crippen molar-refractivity contribution in [2.24, 2.45) is 0 Å². The van der Waals surface area contributed by atoms with Crippen molar-refractivity contribution in [3.63, 3.8) is 0 Å². The van der Waals surface area contributed by atoms with Gasteiger partial charge in [0.2, 0.25) is 0 Å². The van der Waals surface area contributed by atoms with E-state index in [4.69, 9.17) is 38.8 Å². The third kappa shape index (κ3) is 8.79. The van der Waals surface area contributed by atoms with Crippen molar-refractivity contribution in [1.29, 1.82) is 0 Å². The second-order valence-corrected chi connectivity index (χ2v) is 12.3. The van der Waals surface area contributed by atoms with Crippen molar-refractivity contribution in [1.82, 2.24) is 10.6 Å². The molecule has 180 valence electrons. The molecular formula is C19H44N2O6SSi2. The van der Waals surface area contributed by atoms with Crippen LogP contribution in [0, 0.1) is 0 Å². The van der Waals surface area contributed by atoms with Gasteiger partial charge in [-0.05, 0) is 66.6 Å². The van der Waals surface area contributed by atoms with Crippen LogP contribution in [0.5, 0.6) is 0 Å². The van der Waals surface area contributed by atoms with E-state index in [-0.39, 0.29) is 11.3 Å². The molecule has 2 atom stereocenters. The van der Waals surface area contributed by atoms with E-state index in [0.29, 0.717) is 44.8 Å². The Balaban J connectivity index is 5.58. The molecule has 0 aliphatic carbocycles. The van der Waals surface area contributed by atoms with Gasteiger partial charge in [-0.25, -0.2) is 0 Å². The Labute approximate surface area is 191 Å². The molecule has 0 amide bonds. The van der Waals surface area contributed by atoms with Gasteiger partial charge in [-0.15, -0.1) is 0 Å². The van der Waals surface area contributed by atoms with Gasteiger partial charge < -0.3 is 37.2 Å².